The third kappa shape index (κ3) is 2.06. The van der Waals surface area contributed by atoms with Crippen molar-refractivity contribution in [2.75, 3.05) is 5.32 Å². The van der Waals surface area contributed by atoms with E-state index in [1.807, 2.05) is 24.3 Å². The molecule has 0 saturated carbocycles. The zero-order valence-corrected chi connectivity index (χ0v) is 10.7. The van der Waals surface area contributed by atoms with Crippen LogP contribution in [0.2, 0.25) is 0 Å². The monoisotopic (exact) mass is 259 g/mol. The predicted octanol–water partition coefficient (Wildman–Crippen LogP) is 3.45. The molecule has 2 aromatic rings. The van der Waals surface area contributed by atoms with Gasteiger partial charge in [-0.3, -0.25) is 0 Å². The van der Waals surface area contributed by atoms with Crippen LogP contribution in [0.4, 0.5) is 11.5 Å². The number of anilines is 2. The van der Waals surface area contributed by atoms with Crippen LogP contribution in [0.1, 0.15) is 23.2 Å². The number of nitrogens with one attached hydrogen (secondary N) is 1. The number of halogens is 1. The van der Waals surface area contributed by atoms with Gasteiger partial charge in [0, 0.05) is 22.8 Å². The first-order valence-corrected chi connectivity index (χ1v) is 6.65. The maximum absolute atomic E-state index is 5.94. The van der Waals surface area contributed by atoms with E-state index < -0.39 is 0 Å². The number of fused-ring (bicyclic) bond motifs is 1. The van der Waals surface area contributed by atoms with E-state index in [1.165, 1.54) is 17.7 Å². The molecule has 0 atom stereocenters. The topological polar surface area (TPSA) is 37.8 Å². The van der Waals surface area contributed by atoms with Crippen LogP contribution in [0.15, 0.2) is 30.6 Å². The molecule has 0 fully saturated rings. The highest BCUT2D eigenvalue weighted by Crippen LogP contribution is 2.28. The molecule has 0 amide bonds. The van der Waals surface area contributed by atoms with Gasteiger partial charge in [-0.1, -0.05) is 18.2 Å². The Morgan fingerprint density at radius 1 is 1.17 bits per heavy atom. The molecule has 0 aliphatic heterocycles. The number of hydrogen-bond donors (Lipinski definition) is 1. The van der Waals surface area contributed by atoms with Gasteiger partial charge in [0.2, 0.25) is 0 Å². The highest BCUT2D eigenvalue weighted by molar-refractivity contribution is 6.17. The van der Waals surface area contributed by atoms with Crippen molar-refractivity contribution in [3.05, 3.63) is 47.4 Å². The zero-order valence-electron chi connectivity index (χ0n) is 9.99. The number of aryl methyl sites for hydroxylation is 1. The smallest absolute Gasteiger partial charge is 0.137 e. The van der Waals surface area contributed by atoms with Crippen LogP contribution < -0.4 is 5.32 Å². The lowest BCUT2D eigenvalue weighted by molar-refractivity contribution is 0.899. The van der Waals surface area contributed by atoms with Gasteiger partial charge in [0.05, 0.1) is 0 Å². The van der Waals surface area contributed by atoms with Gasteiger partial charge in [-0.05, 0) is 30.9 Å². The number of alkyl halides is 1. The van der Waals surface area contributed by atoms with Crippen LogP contribution >= 0.6 is 11.6 Å². The van der Waals surface area contributed by atoms with Crippen molar-refractivity contribution in [1.29, 1.82) is 0 Å². The molecular weight excluding hydrogens is 246 g/mol. The molecule has 0 bridgehead atoms. The summed E-state index contributed by atoms with van der Waals surface area (Å²) in [6.07, 6.45) is 4.92. The molecule has 1 aromatic carbocycles. The zero-order chi connectivity index (χ0) is 12.4. The minimum absolute atomic E-state index is 0.496. The Morgan fingerprint density at radius 2 is 2.06 bits per heavy atom. The second kappa shape index (κ2) is 4.94. The molecule has 18 heavy (non-hydrogen) atoms. The van der Waals surface area contributed by atoms with Gasteiger partial charge < -0.3 is 5.32 Å². The Balaban J connectivity index is 1.95. The summed E-state index contributed by atoms with van der Waals surface area (Å²) in [7, 11) is 0. The molecule has 0 spiro atoms. The van der Waals surface area contributed by atoms with Gasteiger partial charge in [0.1, 0.15) is 12.1 Å². The Bertz CT molecular complexity index is 569. The lowest BCUT2D eigenvalue weighted by Gasteiger charge is -2.12. The SMILES string of the molecule is ClCc1ccccc1Nc1ncnc2c1CCC2. The summed E-state index contributed by atoms with van der Waals surface area (Å²) in [5.41, 5.74) is 4.54. The summed E-state index contributed by atoms with van der Waals surface area (Å²) in [6, 6.07) is 8.05. The Morgan fingerprint density at radius 3 is 2.94 bits per heavy atom. The minimum atomic E-state index is 0.496. The fourth-order valence-electron chi connectivity index (χ4n) is 2.35. The standard InChI is InChI=1S/C14H14ClN3/c15-8-10-4-1-2-6-12(10)18-14-11-5-3-7-13(11)16-9-17-14/h1-2,4,6,9H,3,5,7-8H2,(H,16,17,18). The molecule has 0 saturated heterocycles. The quantitative estimate of drug-likeness (QED) is 0.858. The van der Waals surface area contributed by atoms with Crippen molar-refractivity contribution < 1.29 is 0 Å². The largest absolute Gasteiger partial charge is 0.340 e. The van der Waals surface area contributed by atoms with Crippen molar-refractivity contribution >= 4 is 23.1 Å². The van der Waals surface area contributed by atoms with Crippen molar-refractivity contribution in [2.24, 2.45) is 0 Å². The first-order valence-electron chi connectivity index (χ1n) is 6.12. The molecule has 1 heterocycles. The molecule has 1 aliphatic carbocycles. The van der Waals surface area contributed by atoms with E-state index in [-0.39, 0.29) is 0 Å². The molecule has 3 rings (SSSR count). The predicted molar refractivity (Wildman–Crippen MR) is 73.3 cm³/mol. The molecular formula is C14H14ClN3. The lowest BCUT2D eigenvalue weighted by Crippen LogP contribution is -2.02. The number of hydrogen-bond acceptors (Lipinski definition) is 3. The van der Waals surface area contributed by atoms with Gasteiger partial charge in [-0.25, -0.2) is 9.97 Å². The van der Waals surface area contributed by atoms with Gasteiger partial charge in [0.15, 0.2) is 0 Å². The van der Waals surface area contributed by atoms with Crippen molar-refractivity contribution in [3.63, 3.8) is 0 Å². The summed E-state index contributed by atoms with van der Waals surface area (Å²) in [5.74, 6) is 1.42. The molecule has 1 N–H and O–H groups in total. The summed E-state index contributed by atoms with van der Waals surface area (Å²) in [4.78, 5) is 8.68. The van der Waals surface area contributed by atoms with E-state index in [1.54, 1.807) is 6.33 Å². The van der Waals surface area contributed by atoms with Gasteiger partial charge in [-0.15, -0.1) is 11.6 Å². The van der Waals surface area contributed by atoms with Crippen LogP contribution in [-0.2, 0) is 18.7 Å². The Labute approximate surface area is 111 Å². The van der Waals surface area contributed by atoms with E-state index >= 15 is 0 Å². The Hall–Kier alpha value is -1.61. The molecule has 0 unspecified atom stereocenters. The van der Waals surface area contributed by atoms with Crippen LogP contribution in [0, 0.1) is 0 Å². The highest BCUT2D eigenvalue weighted by Gasteiger charge is 2.17. The highest BCUT2D eigenvalue weighted by atomic mass is 35.5. The van der Waals surface area contributed by atoms with Crippen molar-refractivity contribution in [2.45, 2.75) is 25.1 Å². The third-order valence-corrected chi connectivity index (χ3v) is 3.58. The molecule has 1 aromatic heterocycles. The summed E-state index contributed by atoms with van der Waals surface area (Å²) in [6.45, 7) is 0. The number of rotatable bonds is 3. The van der Waals surface area contributed by atoms with Crippen molar-refractivity contribution in [3.8, 4) is 0 Å². The number of nitrogens with zero attached hydrogens (tertiary/aromatic N) is 2. The second-order valence-electron chi connectivity index (χ2n) is 4.42. The van der Waals surface area contributed by atoms with Crippen LogP contribution in [0.25, 0.3) is 0 Å². The molecule has 4 heteroatoms. The molecule has 92 valence electrons. The normalized spacial score (nSPS) is 13.4. The fraction of sp³-hybridized carbons (Fsp3) is 0.286. The first-order chi connectivity index (χ1) is 8.88. The number of aromatic nitrogens is 2. The number of para-hydroxylation sites is 1. The molecule has 0 radical (unpaired) electrons. The summed E-state index contributed by atoms with van der Waals surface area (Å²) < 4.78 is 0. The minimum Gasteiger partial charge on any atom is -0.340 e. The average Bonchev–Trinajstić information content (AvgIpc) is 2.89. The number of benzene rings is 1. The average molecular weight is 260 g/mol. The van der Waals surface area contributed by atoms with Gasteiger partial charge >= 0.3 is 0 Å². The fourth-order valence-corrected chi connectivity index (χ4v) is 2.59. The lowest BCUT2D eigenvalue weighted by atomic mass is 10.2. The molecule has 3 nitrogen and oxygen atoms in total. The van der Waals surface area contributed by atoms with E-state index in [2.05, 4.69) is 15.3 Å². The maximum Gasteiger partial charge on any atom is 0.137 e. The Kier molecular flexibility index (Phi) is 3.15. The molecule has 1 aliphatic rings. The van der Waals surface area contributed by atoms with Crippen LogP contribution in [-0.4, -0.2) is 9.97 Å². The first kappa shape index (κ1) is 11.5. The maximum atomic E-state index is 5.94. The van der Waals surface area contributed by atoms with E-state index in [0.717, 1.165) is 29.9 Å². The van der Waals surface area contributed by atoms with Crippen LogP contribution in [0.3, 0.4) is 0 Å². The van der Waals surface area contributed by atoms with Crippen LogP contribution in [0.5, 0.6) is 0 Å². The summed E-state index contributed by atoms with van der Waals surface area (Å²) >= 11 is 5.94. The second-order valence-corrected chi connectivity index (χ2v) is 4.68. The van der Waals surface area contributed by atoms with E-state index in [4.69, 9.17) is 11.6 Å². The van der Waals surface area contributed by atoms with E-state index in [9.17, 15) is 0 Å². The van der Waals surface area contributed by atoms with Crippen molar-refractivity contribution in [1.82, 2.24) is 9.97 Å². The third-order valence-electron chi connectivity index (χ3n) is 3.29. The van der Waals surface area contributed by atoms with Gasteiger partial charge in [0.25, 0.3) is 0 Å². The van der Waals surface area contributed by atoms with E-state index in [0.29, 0.717) is 5.88 Å². The van der Waals surface area contributed by atoms with Gasteiger partial charge in [-0.2, -0.15) is 0 Å². The summed E-state index contributed by atoms with van der Waals surface area (Å²) in [5, 5.41) is 3.39.